The number of aromatic amines is 1. The molecule has 9 N–H and O–H groups in total. The van der Waals surface area contributed by atoms with Crippen LogP contribution >= 0.6 is 0 Å². The van der Waals surface area contributed by atoms with Crippen molar-refractivity contribution in [2.24, 2.45) is 17.4 Å². The lowest BCUT2D eigenvalue weighted by Gasteiger charge is -2.26. The molecule has 3 rings (SSSR count). The van der Waals surface area contributed by atoms with E-state index in [2.05, 4.69) is 20.9 Å². The molecule has 1 heterocycles. The van der Waals surface area contributed by atoms with Crippen LogP contribution in [0.3, 0.4) is 0 Å². The quantitative estimate of drug-likeness (QED) is 0.137. The van der Waals surface area contributed by atoms with Gasteiger partial charge in [-0.15, -0.1) is 0 Å². The van der Waals surface area contributed by atoms with Gasteiger partial charge in [0.2, 0.25) is 23.6 Å². The second-order valence-electron chi connectivity index (χ2n) is 10.6. The standard InChI is InChI=1S/C30H38N6O6/c1-17(2)26(30(41)42)36-29(40)23(14-18-8-4-3-5-9-18)35-28(39)24(34-27(38)21(31)12-13-25(32)37)15-19-16-33-22-11-7-6-10-20(19)22/h3-11,16-17,21,23-24,26,33H,12-15,31H2,1-2H3,(H2,32,37)(H,34,38)(H,35,39)(H,36,40)(H,41,42). The van der Waals surface area contributed by atoms with Crippen molar-refractivity contribution >= 4 is 40.5 Å². The predicted octanol–water partition coefficient (Wildman–Crippen LogP) is 0.741. The SMILES string of the molecule is CC(C)C(NC(=O)C(Cc1ccccc1)NC(=O)C(Cc1c[nH]c2ccccc12)NC(=O)C(N)CCC(N)=O)C(=O)O. The van der Waals surface area contributed by atoms with Gasteiger partial charge in [0.25, 0.3) is 0 Å². The van der Waals surface area contributed by atoms with Crippen molar-refractivity contribution in [3.63, 3.8) is 0 Å². The molecule has 0 spiro atoms. The van der Waals surface area contributed by atoms with Gasteiger partial charge in [-0.1, -0.05) is 62.4 Å². The molecule has 224 valence electrons. The minimum absolute atomic E-state index is 0.00654. The topological polar surface area (TPSA) is 210 Å². The van der Waals surface area contributed by atoms with Crippen LogP contribution in [0, 0.1) is 5.92 Å². The number of carboxylic acid groups (broad SMARTS) is 1. The van der Waals surface area contributed by atoms with Crippen LogP contribution in [0.2, 0.25) is 0 Å². The number of amides is 4. The summed E-state index contributed by atoms with van der Waals surface area (Å²) in [6, 6.07) is 11.8. The monoisotopic (exact) mass is 578 g/mol. The van der Waals surface area contributed by atoms with Crippen LogP contribution in [0.15, 0.2) is 60.8 Å². The molecule has 12 nitrogen and oxygen atoms in total. The van der Waals surface area contributed by atoms with E-state index in [0.717, 1.165) is 22.0 Å². The molecule has 0 aliphatic rings. The Kier molecular flexibility index (Phi) is 11.2. The van der Waals surface area contributed by atoms with Gasteiger partial charge in [-0.25, -0.2) is 4.79 Å². The number of carbonyl (C=O) groups excluding carboxylic acids is 4. The molecule has 4 amide bonds. The van der Waals surface area contributed by atoms with Gasteiger partial charge in [0, 0.05) is 36.4 Å². The highest BCUT2D eigenvalue weighted by Crippen LogP contribution is 2.19. The molecule has 4 unspecified atom stereocenters. The average molecular weight is 579 g/mol. The molecule has 0 fully saturated rings. The summed E-state index contributed by atoms with van der Waals surface area (Å²) in [5.74, 6) is -4.21. The van der Waals surface area contributed by atoms with E-state index in [9.17, 15) is 29.1 Å². The Morgan fingerprint density at radius 3 is 2.07 bits per heavy atom. The molecule has 0 saturated carbocycles. The zero-order valence-corrected chi connectivity index (χ0v) is 23.6. The molecular formula is C30H38N6O6. The minimum atomic E-state index is -1.20. The van der Waals surface area contributed by atoms with Gasteiger partial charge in [-0.2, -0.15) is 0 Å². The maximum atomic E-state index is 13.7. The number of aromatic nitrogens is 1. The number of hydrogen-bond donors (Lipinski definition) is 7. The highest BCUT2D eigenvalue weighted by molar-refractivity contribution is 5.95. The van der Waals surface area contributed by atoms with E-state index in [1.807, 2.05) is 30.3 Å². The van der Waals surface area contributed by atoms with Crippen LogP contribution in [0.5, 0.6) is 0 Å². The molecule has 0 aliphatic carbocycles. The number of carbonyl (C=O) groups is 5. The fourth-order valence-corrected chi connectivity index (χ4v) is 4.54. The smallest absolute Gasteiger partial charge is 0.326 e. The van der Waals surface area contributed by atoms with Gasteiger partial charge in [0.05, 0.1) is 6.04 Å². The summed E-state index contributed by atoms with van der Waals surface area (Å²) in [4.78, 5) is 66.1. The number of primary amides is 1. The first-order chi connectivity index (χ1) is 20.0. The highest BCUT2D eigenvalue weighted by atomic mass is 16.4. The van der Waals surface area contributed by atoms with E-state index >= 15 is 0 Å². The lowest BCUT2D eigenvalue weighted by Crippen LogP contribution is -2.58. The lowest BCUT2D eigenvalue weighted by molar-refractivity contribution is -0.143. The molecule has 12 heteroatoms. The van der Waals surface area contributed by atoms with Gasteiger partial charge in [-0.3, -0.25) is 19.2 Å². The molecule has 3 aromatic rings. The number of rotatable bonds is 15. The Morgan fingerprint density at radius 1 is 0.833 bits per heavy atom. The van der Waals surface area contributed by atoms with Crippen molar-refractivity contribution < 1.29 is 29.1 Å². The number of para-hydroxylation sites is 1. The maximum absolute atomic E-state index is 13.7. The van der Waals surface area contributed by atoms with Crippen molar-refractivity contribution in [3.05, 3.63) is 71.9 Å². The number of carboxylic acids is 1. The number of benzene rings is 2. The fourth-order valence-electron chi connectivity index (χ4n) is 4.54. The predicted molar refractivity (Wildman–Crippen MR) is 157 cm³/mol. The summed E-state index contributed by atoms with van der Waals surface area (Å²) in [7, 11) is 0. The van der Waals surface area contributed by atoms with Crippen LogP contribution in [-0.2, 0) is 36.8 Å². The molecule has 0 aliphatic heterocycles. The van der Waals surface area contributed by atoms with E-state index in [4.69, 9.17) is 11.5 Å². The van der Waals surface area contributed by atoms with Crippen LogP contribution in [0.4, 0.5) is 0 Å². The first-order valence-corrected chi connectivity index (χ1v) is 13.7. The van der Waals surface area contributed by atoms with E-state index in [-0.39, 0.29) is 25.7 Å². The molecule has 42 heavy (non-hydrogen) atoms. The zero-order chi connectivity index (χ0) is 30.8. The molecular weight excluding hydrogens is 540 g/mol. The van der Waals surface area contributed by atoms with E-state index < -0.39 is 59.7 Å². The largest absolute Gasteiger partial charge is 0.480 e. The normalized spacial score (nSPS) is 14.0. The van der Waals surface area contributed by atoms with E-state index in [0.29, 0.717) is 0 Å². The Balaban J connectivity index is 1.88. The third-order valence-electron chi connectivity index (χ3n) is 6.92. The number of aliphatic carboxylic acids is 1. The zero-order valence-electron chi connectivity index (χ0n) is 23.6. The van der Waals surface area contributed by atoms with Crippen molar-refractivity contribution in [1.82, 2.24) is 20.9 Å². The minimum Gasteiger partial charge on any atom is -0.480 e. The first kappa shape index (κ1) is 31.8. The maximum Gasteiger partial charge on any atom is 0.326 e. The van der Waals surface area contributed by atoms with Crippen LogP contribution in [-0.4, -0.2) is 63.9 Å². The average Bonchev–Trinajstić information content (AvgIpc) is 3.36. The summed E-state index contributed by atoms with van der Waals surface area (Å²) in [5.41, 5.74) is 13.5. The van der Waals surface area contributed by atoms with Crippen molar-refractivity contribution in [1.29, 1.82) is 0 Å². The third-order valence-corrected chi connectivity index (χ3v) is 6.92. The van der Waals surface area contributed by atoms with Crippen molar-refractivity contribution in [2.45, 2.75) is 63.7 Å². The van der Waals surface area contributed by atoms with Gasteiger partial charge in [0.1, 0.15) is 18.1 Å². The summed E-state index contributed by atoms with van der Waals surface area (Å²) in [6.07, 6.45) is 1.77. The lowest BCUT2D eigenvalue weighted by atomic mass is 10.00. The Labute approximate surface area is 243 Å². The third kappa shape index (κ3) is 8.90. The molecule has 4 atom stereocenters. The summed E-state index contributed by atoms with van der Waals surface area (Å²) in [5, 5.41) is 18.4. The first-order valence-electron chi connectivity index (χ1n) is 13.7. The fraction of sp³-hybridized carbons (Fsp3) is 0.367. The Hall–Kier alpha value is -4.71. The molecule has 0 radical (unpaired) electrons. The summed E-state index contributed by atoms with van der Waals surface area (Å²) < 4.78 is 0. The Bertz CT molecular complexity index is 1410. The van der Waals surface area contributed by atoms with Gasteiger partial charge >= 0.3 is 5.97 Å². The molecule has 2 aromatic carbocycles. The molecule has 1 aromatic heterocycles. The van der Waals surface area contributed by atoms with Crippen LogP contribution < -0.4 is 27.4 Å². The van der Waals surface area contributed by atoms with Crippen molar-refractivity contribution in [3.8, 4) is 0 Å². The number of fused-ring (bicyclic) bond motifs is 1. The van der Waals surface area contributed by atoms with Crippen molar-refractivity contribution in [2.75, 3.05) is 0 Å². The summed E-state index contributed by atoms with van der Waals surface area (Å²) >= 11 is 0. The van der Waals surface area contributed by atoms with E-state index in [1.54, 1.807) is 44.3 Å². The van der Waals surface area contributed by atoms with Crippen LogP contribution in [0.1, 0.15) is 37.8 Å². The van der Waals surface area contributed by atoms with Crippen LogP contribution in [0.25, 0.3) is 10.9 Å². The second-order valence-corrected chi connectivity index (χ2v) is 10.6. The Morgan fingerprint density at radius 2 is 1.43 bits per heavy atom. The van der Waals surface area contributed by atoms with Gasteiger partial charge < -0.3 is 37.5 Å². The summed E-state index contributed by atoms with van der Waals surface area (Å²) in [6.45, 7) is 3.33. The number of H-pyrrole nitrogens is 1. The van der Waals surface area contributed by atoms with Gasteiger partial charge in [0.15, 0.2) is 0 Å². The number of nitrogens with two attached hydrogens (primary N) is 2. The van der Waals surface area contributed by atoms with E-state index in [1.165, 1.54) is 0 Å². The second kappa shape index (κ2) is 14.8. The van der Waals surface area contributed by atoms with Gasteiger partial charge in [-0.05, 0) is 29.5 Å². The highest BCUT2D eigenvalue weighted by Gasteiger charge is 2.32. The molecule has 0 bridgehead atoms. The number of nitrogens with one attached hydrogen (secondary N) is 4. The molecule has 0 saturated heterocycles. The number of hydrogen-bond acceptors (Lipinski definition) is 6.